The zero-order chi connectivity index (χ0) is 11.6. The molecular formula is C13H22N2S. The van der Waals surface area contributed by atoms with E-state index in [-0.39, 0.29) is 0 Å². The van der Waals surface area contributed by atoms with Crippen LogP contribution < -0.4 is 5.32 Å². The molecule has 0 saturated heterocycles. The first-order chi connectivity index (χ1) is 7.88. The summed E-state index contributed by atoms with van der Waals surface area (Å²) >= 11 is 1.89. The van der Waals surface area contributed by atoms with Crippen LogP contribution in [0.25, 0.3) is 0 Å². The molecule has 1 aromatic rings. The average Bonchev–Trinajstić information content (AvgIpc) is 2.33. The first-order valence-corrected chi connectivity index (χ1v) is 7.14. The second-order valence-corrected chi connectivity index (χ2v) is 4.89. The molecule has 0 radical (unpaired) electrons. The molecule has 2 nitrogen and oxygen atoms in total. The van der Waals surface area contributed by atoms with Crippen LogP contribution in [0.1, 0.15) is 38.7 Å². The summed E-state index contributed by atoms with van der Waals surface area (Å²) in [7, 11) is 0. The van der Waals surface area contributed by atoms with Gasteiger partial charge >= 0.3 is 0 Å². The molecule has 1 N–H and O–H groups in total. The number of pyridine rings is 1. The molecular weight excluding hydrogens is 216 g/mol. The van der Waals surface area contributed by atoms with Gasteiger partial charge in [-0.3, -0.25) is 0 Å². The van der Waals surface area contributed by atoms with Gasteiger partial charge in [0, 0.05) is 12.7 Å². The van der Waals surface area contributed by atoms with Crippen molar-refractivity contribution in [2.45, 2.75) is 44.7 Å². The molecule has 0 spiro atoms. The minimum Gasteiger partial charge on any atom is -0.313 e. The van der Waals surface area contributed by atoms with Crippen LogP contribution in [-0.4, -0.2) is 17.3 Å². The highest BCUT2D eigenvalue weighted by Gasteiger charge is 2.02. The Balaban J connectivity index is 2.43. The van der Waals surface area contributed by atoms with Gasteiger partial charge in [0.25, 0.3) is 0 Å². The lowest BCUT2D eigenvalue weighted by atomic mass is 10.3. The molecule has 0 amide bonds. The van der Waals surface area contributed by atoms with Crippen LogP contribution in [0.4, 0.5) is 0 Å². The van der Waals surface area contributed by atoms with E-state index in [0.717, 1.165) is 13.1 Å². The molecule has 0 atom stereocenters. The highest BCUT2D eigenvalue weighted by molar-refractivity contribution is 7.99. The minimum atomic E-state index is 0.931. The Morgan fingerprint density at radius 1 is 1.31 bits per heavy atom. The monoisotopic (exact) mass is 238 g/mol. The fourth-order valence-corrected chi connectivity index (χ4v) is 2.47. The predicted molar refractivity (Wildman–Crippen MR) is 71.9 cm³/mol. The molecule has 0 aromatic carbocycles. The molecule has 1 heterocycles. The number of rotatable bonds is 8. The molecule has 0 fully saturated rings. The number of unbranched alkanes of at least 4 members (excludes halogenated alkanes) is 2. The van der Waals surface area contributed by atoms with Crippen LogP contribution in [0.15, 0.2) is 23.4 Å². The number of aromatic nitrogens is 1. The molecule has 1 aromatic heterocycles. The predicted octanol–water partition coefficient (Wildman–Crippen LogP) is 3.47. The van der Waals surface area contributed by atoms with Crippen LogP contribution in [0.5, 0.6) is 0 Å². The van der Waals surface area contributed by atoms with E-state index in [1.165, 1.54) is 35.6 Å². The van der Waals surface area contributed by atoms with Gasteiger partial charge in [0.05, 0.1) is 0 Å². The molecule has 0 aliphatic heterocycles. The van der Waals surface area contributed by atoms with Crippen LogP contribution in [0.3, 0.4) is 0 Å². The fourth-order valence-electron chi connectivity index (χ4n) is 1.47. The van der Waals surface area contributed by atoms with Crippen molar-refractivity contribution in [2.24, 2.45) is 0 Å². The fraction of sp³-hybridized carbons (Fsp3) is 0.615. The maximum atomic E-state index is 4.45. The summed E-state index contributed by atoms with van der Waals surface area (Å²) in [5.74, 6) is 1.18. The van der Waals surface area contributed by atoms with E-state index < -0.39 is 0 Å². The van der Waals surface area contributed by atoms with Crippen LogP contribution in [0.2, 0.25) is 0 Å². The minimum absolute atomic E-state index is 0.931. The summed E-state index contributed by atoms with van der Waals surface area (Å²) in [5, 5.41) is 4.55. The molecule has 0 bridgehead atoms. The second-order valence-electron chi connectivity index (χ2n) is 3.80. The largest absolute Gasteiger partial charge is 0.313 e. The average molecular weight is 238 g/mol. The van der Waals surface area contributed by atoms with E-state index in [9.17, 15) is 0 Å². The number of nitrogens with one attached hydrogen (secondary N) is 1. The number of hydrogen-bond donors (Lipinski definition) is 1. The van der Waals surface area contributed by atoms with Crippen molar-refractivity contribution in [3.05, 3.63) is 23.9 Å². The first kappa shape index (κ1) is 13.5. The van der Waals surface area contributed by atoms with Crippen molar-refractivity contribution in [1.82, 2.24) is 10.3 Å². The lowest BCUT2D eigenvalue weighted by molar-refractivity contribution is 0.710. The van der Waals surface area contributed by atoms with Crippen LogP contribution >= 0.6 is 11.8 Å². The van der Waals surface area contributed by atoms with Gasteiger partial charge in [-0.25, -0.2) is 4.98 Å². The van der Waals surface area contributed by atoms with E-state index in [1.807, 2.05) is 24.0 Å². The Morgan fingerprint density at radius 3 is 2.94 bits per heavy atom. The van der Waals surface area contributed by atoms with E-state index in [1.54, 1.807) is 0 Å². The van der Waals surface area contributed by atoms with Crippen molar-refractivity contribution < 1.29 is 0 Å². The second kappa shape index (κ2) is 8.59. The molecule has 0 aliphatic rings. The lowest BCUT2D eigenvalue weighted by Gasteiger charge is -2.07. The van der Waals surface area contributed by atoms with Gasteiger partial charge in [-0.05, 0) is 30.3 Å². The van der Waals surface area contributed by atoms with Gasteiger partial charge in [-0.15, -0.1) is 11.8 Å². The third-order valence-corrected chi connectivity index (χ3v) is 3.54. The molecule has 16 heavy (non-hydrogen) atoms. The van der Waals surface area contributed by atoms with Crippen LogP contribution in [-0.2, 0) is 6.54 Å². The van der Waals surface area contributed by atoms with Crippen molar-refractivity contribution in [3.8, 4) is 0 Å². The summed E-state index contributed by atoms with van der Waals surface area (Å²) in [6.45, 7) is 6.31. The third kappa shape index (κ3) is 4.99. The van der Waals surface area contributed by atoms with Gasteiger partial charge in [0.15, 0.2) is 0 Å². The number of hydrogen-bond acceptors (Lipinski definition) is 3. The first-order valence-electron chi connectivity index (χ1n) is 6.15. The lowest BCUT2D eigenvalue weighted by Crippen LogP contribution is -2.12. The molecule has 0 saturated carbocycles. The van der Waals surface area contributed by atoms with Gasteiger partial charge in [0.2, 0.25) is 0 Å². The van der Waals surface area contributed by atoms with E-state index in [2.05, 4.69) is 30.2 Å². The summed E-state index contributed by atoms with van der Waals surface area (Å²) in [6.07, 6.45) is 5.78. The zero-order valence-electron chi connectivity index (χ0n) is 10.3. The summed E-state index contributed by atoms with van der Waals surface area (Å²) < 4.78 is 0. The summed E-state index contributed by atoms with van der Waals surface area (Å²) in [6, 6.07) is 4.18. The maximum absolute atomic E-state index is 4.45. The van der Waals surface area contributed by atoms with Gasteiger partial charge in [-0.1, -0.05) is 32.8 Å². The van der Waals surface area contributed by atoms with E-state index in [0.29, 0.717) is 0 Å². The highest BCUT2D eigenvalue weighted by Crippen LogP contribution is 2.21. The SMILES string of the molecule is CCCCCSc1ncccc1CNCC. The standard InChI is InChI=1S/C13H22N2S/c1-3-5-6-10-16-13-12(11-14-4-2)8-7-9-15-13/h7-9,14H,3-6,10-11H2,1-2H3. The Bertz CT molecular complexity index is 289. The van der Waals surface area contributed by atoms with E-state index >= 15 is 0 Å². The Morgan fingerprint density at radius 2 is 2.19 bits per heavy atom. The van der Waals surface area contributed by atoms with Gasteiger partial charge in [0.1, 0.15) is 5.03 Å². The normalized spacial score (nSPS) is 10.6. The van der Waals surface area contributed by atoms with Crippen molar-refractivity contribution in [1.29, 1.82) is 0 Å². The Labute approximate surface area is 103 Å². The molecule has 1 rings (SSSR count). The molecule has 3 heteroatoms. The highest BCUT2D eigenvalue weighted by atomic mass is 32.2. The van der Waals surface area contributed by atoms with Crippen molar-refractivity contribution >= 4 is 11.8 Å². The van der Waals surface area contributed by atoms with Gasteiger partial charge in [-0.2, -0.15) is 0 Å². The Hall–Kier alpha value is -0.540. The topological polar surface area (TPSA) is 24.9 Å². The quantitative estimate of drug-likeness (QED) is 0.554. The molecule has 0 unspecified atom stereocenters. The summed E-state index contributed by atoms with van der Waals surface area (Å²) in [4.78, 5) is 4.45. The zero-order valence-corrected chi connectivity index (χ0v) is 11.1. The summed E-state index contributed by atoms with van der Waals surface area (Å²) in [5.41, 5.74) is 1.32. The molecule has 0 aliphatic carbocycles. The van der Waals surface area contributed by atoms with Crippen molar-refractivity contribution in [3.63, 3.8) is 0 Å². The maximum Gasteiger partial charge on any atom is 0.100 e. The van der Waals surface area contributed by atoms with Gasteiger partial charge < -0.3 is 5.32 Å². The molecule has 90 valence electrons. The number of thioether (sulfide) groups is 1. The third-order valence-electron chi connectivity index (χ3n) is 2.40. The van der Waals surface area contributed by atoms with E-state index in [4.69, 9.17) is 0 Å². The van der Waals surface area contributed by atoms with Crippen molar-refractivity contribution in [2.75, 3.05) is 12.3 Å². The smallest absolute Gasteiger partial charge is 0.100 e. The van der Waals surface area contributed by atoms with Crippen LogP contribution in [0, 0.1) is 0 Å². The Kier molecular flexibility index (Phi) is 7.26. The number of nitrogens with zero attached hydrogens (tertiary/aromatic N) is 1.